The average Bonchev–Trinajstić information content (AvgIpc) is 3.02. The molecule has 0 bridgehead atoms. The van der Waals surface area contributed by atoms with Crippen LogP contribution in [0.3, 0.4) is 0 Å². The van der Waals surface area contributed by atoms with Crippen molar-refractivity contribution >= 4 is 17.0 Å². The zero-order valence-corrected chi connectivity index (χ0v) is 11.1. The lowest BCUT2D eigenvalue weighted by Gasteiger charge is -2.13. The molecule has 3 aromatic rings. The van der Waals surface area contributed by atoms with Crippen molar-refractivity contribution in [2.24, 2.45) is 0 Å². The highest BCUT2D eigenvalue weighted by atomic mass is 19.4. The number of alkyl halides is 3. The summed E-state index contributed by atoms with van der Waals surface area (Å²) in [5, 5.41) is 0. The van der Waals surface area contributed by atoms with E-state index in [1.165, 1.54) is 12.3 Å². The molecule has 110 valence electrons. The minimum Gasteiger partial charge on any atom is -0.467 e. The molecule has 7 heteroatoms. The highest BCUT2D eigenvalue weighted by Gasteiger charge is 2.31. The van der Waals surface area contributed by atoms with E-state index in [-0.39, 0.29) is 17.5 Å². The molecule has 1 unspecified atom stereocenters. The van der Waals surface area contributed by atoms with Gasteiger partial charge < -0.3 is 14.7 Å². The molecule has 0 fully saturated rings. The van der Waals surface area contributed by atoms with Gasteiger partial charge in [0.15, 0.2) is 0 Å². The van der Waals surface area contributed by atoms with Gasteiger partial charge in [0.1, 0.15) is 5.76 Å². The van der Waals surface area contributed by atoms with E-state index in [0.717, 1.165) is 12.1 Å². The zero-order chi connectivity index (χ0) is 15.2. The molecule has 0 saturated carbocycles. The van der Waals surface area contributed by atoms with Crippen molar-refractivity contribution in [3.8, 4) is 0 Å². The quantitative estimate of drug-likeness (QED) is 0.781. The van der Waals surface area contributed by atoms with Crippen molar-refractivity contribution < 1.29 is 17.6 Å². The van der Waals surface area contributed by atoms with Crippen molar-refractivity contribution in [1.82, 2.24) is 9.55 Å². The number of nitrogen functional groups attached to an aromatic ring is 1. The van der Waals surface area contributed by atoms with Crippen molar-refractivity contribution in [3.05, 3.63) is 47.9 Å². The molecular weight excluding hydrogens is 283 g/mol. The smallest absolute Gasteiger partial charge is 0.416 e. The second kappa shape index (κ2) is 4.54. The zero-order valence-electron chi connectivity index (χ0n) is 11.1. The molecule has 0 aliphatic heterocycles. The summed E-state index contributed by atoms with van der Waals surface area (Å²) in [7, 11) is 0. The van der Waals surface area contributed by atoms with E-state index in [4.69, 9.17) is 10.2 Å². The number of anilines is 1. The first-order valence-electron chi connectivity index (χ1n) is 6.26. The first kappa shape index (κ1) is 13.5. The van der Waals surface area contributed by atoms with Crippen molar-refractivity contribution in [3.63, 3.8) is 0 Å². The Morgan fingerprint density at radius 2 is 2.05 bits per heavy atom. The third kappa shape index (κ3) is 2.24. The Balaban J connectivity index is 2.14. The van der Waals surface area contributed by atoms with Gasteiger partial charge in [0.2, 0.25) is 5.95 Å². The van der Waals surface area contributed by atoms with Gasteiger partial charge in [-0.3, -0.25) is 0 Å². The van der Waals surface area contributed by atoms with E-state index in [2.05, 4.69) is 4.98 Å². The van der Waals surface area contributed by atoms with Gasteiger partial charge >= 0.3 is 6.18 Å². The number of benzene rings is 1. The minimum atomic E-state index is -4.40. The molecule has 0 aliphatic rings. The number of nitrogens with two attached hydrogens (primary N) is 1. The number of nitrogens with zero attached hydrogens (tertiary/aromatic N) is 2. The van der Waals surface area contributed by atoms with Crippen LogP contribution in [0.5, 0.6) is 0 Å². The lowest BCUT2D eigenvalue weighted by molar-refractivity contribution is -0.137. The van der Waals surface area contributed by atoms with Gasteiger partial charge in [0.25, 0.3) is 0 Å². The topological polar surface area (TPSA) is 57.0 Å². The van der Waals surface area contributed by atoms with E-state index in [9.17, 15) is 13.2 Å². The molecule has 0 radical (unpaired) electrons. The largest absolute Gasteiger partial charge is 0.467 e. The lowest BCUT2D eigenvalue weighted by atomic mass is 10.2. The summed E-state index contributed by atoms with van der Waals surface area (Å²) in [5.74, 6) is 0.800. The van der Waals surface area contributed by atoms with Crippen LogP contribution in [0.15, 0.2) is 41.0 Å². The molecule has 4 nitrogen and oxygen atoms in total. The van der Waals surface area contributed by atoms with Crippen LogP contribution in [0.25, 0.3) is 11.0 Å². The third-order valence-electron chi connectivity index (χ3n) is 3.39. The van der Waals surface area contributed by atoms with Crippen LogP contribution in [0.1, 0.15) is 24.3 Å². The highest BCUT2D eigenvalue weighted by Crippen LogP contribution is 2.33. The summed E-state index contributed by atoms with van der Waals surface area (Å²) < 4.78 is 45.1. The lowest BCUT2D eigenvalue weighted by Crippen LogP contribution is -2.09. The Labute approximate surface area is 118 Å². The molecule has 2 aromatic heterocycles. The van der Waals surface area contributed by atoms with Gasteiger partial charge in [-0.2, -0.15) is 13.2 Å². The van der Waals surface area contributed by atoms with Crippen LogP contribution in [0.4, 0.5) is 19.1 Å². The van der Waals surface area contributed by atoms with Crippen molar-refractivity contribution in [2.45, 2.75) is 19.1 Å². The fraction of sp³-hybridized carbons (Fsp3) is 0.214. The molecule has 1 aromatic carbocycles. The number of hydrogen-bond acceptors (Lipinski definition) is 3. The number of furan rings is 1. The summed E-state index contributed by atoms with van der Waals surface area (Å²) in [6.45, 7) is 1.84. The molecule has 0 aliphatic carbocycles. The Bertz CT molecular complexity index is 775. The monoisotopic (exact) mass is 295 g/mol. The molecule has 0 saturated heterocycles. The van der Waals surface area contributed by atoms with Crippen LogP contribution < -0.4 is 5.73 Å². The molecule has 3 rings (SSSR count). The second-order valence-corrected chi connectivity index (χ2v) is 4.73. The van der Waals surface area contributed by atoms with E-state index in [1.54, 1.807) is 16.7 Å². The van der Waals surface area contributed by atoms with Gasteiger partial charge in [-0.25, -0.2) is 4.98 Å². The van der Waals surface area contributed by atoms with Crippen LogP contribution in [0.2, 0.25) is 0 Å². The number of rotatable bonds is 2. The van der Waals surface area contributed by atoms with Crippen LogP contribution in [0, 0.1) is 0 Å². The number of aromatic nitrogens is 2. The van der Waals surface area contributed by atoms with Gasteiger partial charge in [-0.05, 0) is 37.3 Å². The van der Waals surface area contributed by atoms with E-state index in [0.29, 0.717) is 11.3 Å². The maximum atomic E-state index is 12.7. The molecule has 0 amide bonds. The molecule has 21 heavy (non-hydrogen) atoms. The third-order valence-corrected chi connectivity index (χ3v) is 3.39. The van der Waals surface area contributed by atoms with E-state index >= 15 is 0 Å². The van der Waals surface area contributed by atoms with Crippen LogP contribution >= 0.6 is 0 Å². The molecule has 2 N–H and O–H groups in total. The maximum absolute atomic E-state index is 12.7. The Morgan fingerprint density at radius 1 is 1.29 bits per heavy atom. The summed E-state index contributed by atoms with van der Waals surface area (Å²) in [6, 6.07) is 6.65. The Morgan fingerprint density at radius 3 is 2.67 bits per heavy atom. The Hall–Kier alpha value is -2.44. The number of imidazole rings is 1. The minimum absolute atomic E-state index is 0.147. The Kier molecular flexibility index (Phi) is 2.93. The molecular formula is C14H12F3N3O. The summed E-state index contributed by atoms with van der Waals surface area (Å²) in [6.07, 6.45) is -2.87. The van der Waals surface area contributed by atoms with Gasteiger partial charge in [-0.15, -0.1) is 0 Å². The van der Waals surface area contributed by atoms with Gasteiger partial charge in [0.05, 0.1) is 28.9 Å². The fourth-order valence-corrected chi connectivity index (χ4v) is 2.36. The molecule has 1 atom stereocenters. The highest BCUT2D eigenvalue weighted by molar-refractivity contribution is 5.79. The van der Waals surface area contributed by atoms with Crippen LogP contribution in [-0.2, 0) is 6.18 Å². The van der Waals surface area contributed by atoms with Crippen molar-refractivity contribution in [1.29, 1.82) is 0 Å². The summed E-state index contributed by atoms with van der Waals surface area (Å²) in [4.78, 5) is 4.02. The fourth-order valence-electron chi connectivity index (χ4n) is 2.36. The number of halogens is 3. The maximum Gasteiger partial charge on any atom is 0.416 e. The van der Waals surface area contributed by atoms with E-state index in [1.807, 2.05) is 6.92 Å². The normalized spacial score (nSPS) is 13.7. The van der Waals surface area contributed by atoms with Crippen molar-refractivity contribution in [2.75, 3.05) is 5.73 Å². The standard InChI is InChI=1S/C14H12F3N3O/c1-8(12-3-2-6-21-12)20-11-5-4-9(14(15,16)17)7-10(11)19-13(20)18/h2-8H,1H3,(H2,18,19). The SMILES string of the molecule is CC(c1ccco1)n1c(N)nc2cc(C(F)(F)F)ccc21. The average molecular weight is 295 g/mol. The first-order chi connectivity index (χ1) is 9.88. The predicted octanol–water partition coefficient (Wildman–Crippen LogP) is 3.84. The van der Waals surface area contributed by atoms with Gasteiger partial charge in [0, 0.05) is 0 Å². The van der Waals surface area contributed by atoms with Crippen LogP contribution in [-0.4, -0.2) is 9.55 Å². The summed E-state index contributed by atoms with van der Waals surface area (Å²) >= 11 is 0. The summed E-state index contributed by atoms with van der Waals surface area (Å²) in [5.41, 5.74) is 5.84. The predicted molar refractivity (Wildman–Crippen MR) is 71.7 cm³/mol. The number of hydrogen-bond donors (Lipinski definition) is 1. The molecule has 2 heterocycles. The first-order valence-corrected chi connectivity index (χ1v) is 6.26. The molecule has 0 spiro atoms. The number of fused-ring (bicyclic) bond motifs is 1. The van der Waals surface area contributed by atoms with E-state index < -0.39 is 11.7 Å². The second-order valence-electron chi connectivity index (χ2n) is 4.73. The van der Waals surface area contributed by atoms with Gasteiger partial charge in [-0.1, -0.05) is 0 Å².